The molecule has 0 aliphatic carbocycles. The molecule has 0 amide bonds. The minimum absolute atomic E-state index is 0.447. The molecule has 56 valence electrons. The summed E-state index contributed by atoms with van der Waals surface area (Å²) in [6, 6.07) is 0.447. The van der Waals surface area contributed by atoms with Crippen LogP contribution in [0.2, 0.25) is 0 Å². The Balaban J connectivity index is 2.39. The van der Waals surface area contributed by atoms with E-state index in [9.17, 15) is 0 Å². The molecule has 0 saturated heterocycles. The standard InChI is InChI=1S/C8H12ClN/c1-7-3-5-10-8(6-7)2-4-9/h3,5,8H,2,4,6H2,1H3. The second-order valence-electron chi connectivity index (χ2n) is 2.65. The molecule has 1 nitrogen and oxygen atoms in total. The minimum atomic E-state index is 0.447. The van der Waals surface area contributed by atoms with E-state index >= 15 is 0 Å². The number of dihydropyridines is 1. The molecule has 1 aliphatic heterocycles. The van der Waals surface area contributed by atoms with E-state index in [1.807, 2.05) is 6.21 Å². The SMILES string of the molecule is CC1=CC=NC(CCCl)C1. The van der Waals surface area contributed by atoms with Crippen molar-refractivity contribution >= 4 is 17.8 Å². The van der Waals surface area contributed by atoms with E-state index in [4.69, 9.17) is 11.6 Å². The van der Waals surface area contributed by atoms with Gasteiger partial charge in [0.2, 0.25) is 0 Å². The molecule has 0 radical (unpaired) electrons. The molecule has 0 spiro atoms. The van der Waals surface area contributed by atoms with Crippen LogP contribution in [0.15, 0.2) is 16.6 Å². The van der Waals surface area contributed by atoms with Gasteiger partial charge in [-0.1, -0.05) is 5.57 Å². The Morgan fingerprint density at radius 3 is 3.20 bits per heavy atom. The van der Waals surface area contributed by atoms with Gasteiger partial charge >= 0.3 is 0 Å². The Kier molecular flexibility index (Phi) is 2.94. The monoisotopic (exact) mass is 157 g/mol. The van der Waals surface area contributed by atoms with Gasteiger partial charge in [-0.25, -0.2) is 0 Å². The maximum Gasteiger partial charge on any atom is 0.0548 e. The summed E-state index contributed by atoms with van der Waals surface area (Å²) >= 11 is 5.59. The lowest BCUT2D eigenvalue weighted by Crippen LogP contribution is -2.09. The van der Waals surface area contributed by atoms with Gasteiger partial charge in [0, 0.05) is 12.1 Å². The Bertz CT molecular complexity index is 161. The molecule has 2 heteroatoms. The number of hydrogen-bond donors (Lipinski definition) is 0. The van der Waals surface area contributed by atoms with Crippen LogP contribution < -0.4 is 0 Å². The first kappa shape index (κ1) is 7.80. The normalized spacial score (nSPS) is 24.6. The number of allylic oxidation sites excluding steroid dienone is 1. The van der Waals surface area contributed by atoms with Crippen molar-refractivity contribution in [2.75, 3.05) is 5.88 Å². The molecule has 1 heterocycles. The average Bonchev–Trinajstić information content (AvgIpc) is 1.88. The highest BCUT2D eigenvalue weighted by molar-refractivity contribution is 6.17. The summed E-state index contributed by atoms with van der Waals surface area (Å²) in [6.45, 7) is 2.13. The van der Waals surface area contributed by atoms with Gasteiger partial charge < -0.3 is 0 Å². The van der Waals surface area contributed by atoms with Crippen LogP contribution >= 0.6 is 11.6 Å². The predicted octanol–water partition coefficient (Wildman–Crippen LogP) is 2.40. The van der Waals surface area contributed by atoms with Crippen LogP contribution in [0.4, 0.5) is 0 Å². The zero-order valence-electron chi connectivity index (χ0n) is 6.18. The zero-order valence-corrected chi connectivity index (χ0v) is 6.93. The van der Waals surface area contributed by atoms with Gasteiger partial charge in [0.15, 0.2) is 0 Å². The van der Waals surface area contributed by atoms with Gasteiger partial charge in [-0.15, -0.1) is 11.6 Å². The number of halogens is 1. The fraction of sp³-hybridized carbons (Fsp3) is 0.625. The third kappa shape index (κ3) is 2.14. The topological polar surface area (TPSA) is 12.4 Å². The first-order chi connectivity index (χ1) is 4.83. The van der Waals surface area contributed by atoms with Crippen LogP contribution in [0.3, 0.4) is 0 Å². The highest BCUT2D eigenvalue weighted by Gasteiger charge is 2.07. The zero-order chi connectivity index (χ0) is 7.40. The highest BCUT2D eigenvalue weighted by Crippen LogP contribution is 2.14. The maximum absolute atomic E-state index is 5.59. The van der Waals surface area contributed by atoms with Crippen molar-refractivity contribution < 1.29 is 0 Å². The molecule has 10 heavy (non-hydrogen) atoms. The lowest BCUT2D eigenvalue weighted by molar-refractivity contribution is 0.645. The fourth-order valence-electron chi connectivity index (χ4n) is 1.09. The third-order valence-electron chi connectivity index (χ3n) is 1.66. The quantitative estimate of drug-likeness (QED) is 0.546. The third-order valence-corrected chi connectivity index (χ3v) is 1.87. The van der Waals surface area contributed by atoms with Crippen molar-refractivity contribution in [3.8, 4) is 0 Å². The predicted molar refractivity (Wildman–Crippen MR) is 46.0 cm³/mol. The molecule has 0 aromatic rings. The van der Waals surface area contributed by atoms with Crippen LogP contribution in [-0.2, 0) is 0 Å². The smallest absolute Gasteiger partial charge is 0.0548 e. The van der Waals surface area contributed by atoms with E-state index in [0.29, 0.717) is 6.04 Å². The van der Waals surface area contributed by atoms with Crippen molar-refractivity contribution in [3.05, 3.63) is 11.6 Å². The van der Waals surface area contributed by atoms with Crippen LogP contribution in [-0.4, -0.2) is 18.1 Å². The Morgan fingerprint density at radius 1 is 1.80 bits per heavy atom. The Labute approximate surface area is 66.8 Å². The number of rotatable bonds is 2. The highest BCUT2D eigenvalue weighted by atomic mass is 35.5. The summed E-state index contributed by atoms with van der Waals surface area (Å²) < 4.78 is 0. The Hall–Kier alpha value is -0.300. The van der Waals surface area contributed by atoms with Gasteiger partial charge in [0.25, 0.3) is 0 Å². The number of aliphatic imine (C=N–C) groups is 1. The molecular formula is C8H12ClN. The van der Waals surface area contributed by atoms with E-state index < -0.39 is 0 Å². The minimum Gasteiger partial charge on any atom is -0.289 e. The molecule has 0 saturated carbocycles. The van der Waals surface area contributed by atoms with Crippen molar-refractivity contribution in [2.45, 2.75) is 25.8 Å². The first-order valence-electron chi connectivity index (χ1n) is 3.58. The summed E-state index contributed by atoms with van der Waals surface area (Å²) in [5.41, 5.74) is 1.41. The Morgan fingerprint density at radius 2 is 2.60 bits per heavy atom. The van der Waals surface area contributed by atoms with E-state index in [0.717, 1.165) is 18.7 Å². The molecule has 0 fully saturated rings. The molecule has 0 N–H and O–H groups in total. The molecule has 0 bridgehead atoms. The first-order valence-corrected chi connectivity index (χ1v) is 4.11. The molecule has 1 aliphatic rings. The second kappa shape index (κ2) is 3.77. The van der Waals surface area contributed by atoms with E-state index in [1.54, 1.807) is 0 Å². The van der Waals surface area contributed by atoms with Crippen LogP contribution in [0.25, 0.3) is 0 Å². The van der Waals surface area contributed by atoms with E-state index in [2.05, 4.69) is 18.0 Å². The van der Waals surface area contributed by atoms with Crippen LogP contribution in [0.1, 0.15) is 19.8 Å². The molecule has 1 rings (SSSR count). The molecular weight excluding hydrogens is 146 g/mol. The van der Waals surface area contributed by atoms with Crippen LogP contribution in [0.5, 0.6) is 0 Å². The summed E-state index contributed by atoms with van der Waals surface area (Å²) in [6.07, 6.45) is 6.03. The van der Waals surface area contributed by atoms with Crippen molar-refractivity contribution in [2.24, 2.45) is 4.99 Å². The lowest BCUT2D eigenvalue weighted by atomic mass is 10.0. The van der Waals surface area contributed by atoms with E-state index in [-0.39, 0.29) is 0 Å². The average molecular weight is 158 g/mol. The van der Waals surface area contributed by atoms with E-state index in [1.165, 1.54) is 5.57 Å². The summed E-state index contributed by atoms with van der Waals surface area (Å²) in [7, 11) is 0. The summed E-state index contributed by atoms with van der Waals surface area (Å²) in [5.74, 6) is 0.718. The molecule has 1 atom stereocenters. The summed E-state index contributed by atoms with van der Waals surface area (Å²) in [4.78, 5) is 4.28. The molecule has 0 aromatic heterocycles. The fourth-order valence-corrected chi connectivity index (χ4v) is 1.34. The second-order valence-corrected chi connectivity index (χ2v) is 3.02. The van der Waals surface area contributed by atoms with Gasteiger partial charge in [-0.2, -0.15) is 0 Å². The summed E-state index contributed by atoms with van der Waals surface area (Å²) in [5, 5.41) is 0. The molecule has 1 unspecified atom stereocenters. The van der Waals surface area contributed by atoms with Crippen LogP contribution in [0, 0.1) is 0 Å². The van der Waals surface area contributed by atoms with Gasteiger partial charge in [-0.05, 0) is 25.8 Å². The number of alkyl halides is 1. The van der Waals surface area contributed by atoms with Crippen molar-refractivity contribution in [3.63, 3.8) is 0 Å². The van der Waals surface area contributed by atoms with Crippen molar-refractivity contribution in [1.82, 2.24) is 0 Å². The van der Waals surface area contributed by atoms with Gasteiger partial charge in [-0.3, -0.25) is 4.99 Å². The van der Waals surface area contributed by atoms with Gasteiger partial charge in [0.1, 0.15) is 0 Å². The maximum atomic E-state index is 5.59. The van der Waals surface area contributed by atoms with Gasteiger partial charge in [0.05, 0.1) is 6.04 Å². The largest absolute Gasteiger partial charge is 0.289 e. The molecule has 0 aromatic carbocycles. The lowest BCUT2D eigenvalue weighted by Gasteiger charge is -2.13. The number of hydrogen-bond acceptors (Lipinski definition) is 1. The van der Waals surface area contributed by atoms with Crippen molar-refractivity contribution in [1.29, 1.82) is 0 Å². The number of nitrogens with zero attached hydrogens (tertiary/aromatic N) is 1.